The number of carbonyl (C=O) groups is 4. The molecule has 0 aromatic heterocycles. The summed E-state index contributed by atoms with van der Waals surface area (Å²) in [4.78, 5) is 58.8. The molecule has 81 heavy (non-hydrogen) atoms. The van der Waals surface area contributed by atoms with Crippen LogP contribution in [0, 0.1) is 0 Å². The van der Waals surface area contributed by atoms with Crippen LogP contribution in [0.15, 0.2) is 24.3 Å². The second-order valence-corrected chi connectivity index (χ2v) is 24.2. The van der Waals surface area contributed by atoms with Gasteiger partial charge in [0, 0.05) is 19.4 Å². The number of carbonyl (C=O) groups excluding carboxylic acids is 4. The van der Waals surface area contributed by atoms with Gasteiger partial charge < -0.3 is 28.7 Å². The van der Waals surface area contributed by atoms with Gasteiger partial charge in [0.15, 0.2) is 0 Å². The minimum atomic E-state index is -0.802. The summed E-state index contributed by atoms with van der Waals surface area (Å²) >= 11 is 0. The van der Waals surface area contributed by atoms with Crippen molar-refractivity contribution < 1.29 is 38.1 Å². The third-order valence-electron chi connectivity index (χ3n) is 15.4. The Morgan fingerprint density at radius 3 is 1.14 bits per heavy atom. The zero-order chi connectivity index (χ0) is 60.1. The molecule has 0 aromatic rings. The minimum absolute atomic E-state index is 0.0512. The molecule has 4 unspecified atom stereocenters. The molecule has 0 amide bonds. The van der Waals surface area contributed by atoms with Crippen LogP contribution in [0.25, 0.3) is 0 Å². The number of likely N-dealkylation sites (N-methyl/N-ethyl adjacent to an activating group) is 1. The van der Waals surface area contributed by atoms with Crippen molar-refractivity contribution in [2.45, 2.75) is 341 Å². The molecule has 0 radical (unpaired) electrons. The highest BCUT2D eigenvalue weighted by Crippen LogP contribution is 2.22. The lowest BCUT2D eigenvalue weighted by Gasteiger charge is -2.31. The van der Waals surface area contributed by atoms with Gasteiger partial charge >= 0.3 is 17.9 Å². The molecule has 4 atom stereocenters. The predicted octanol–water partition coefficient (Wildman–Crippen LogP) is 18.7. The van der Waals surface area contributed by atoms with E-state index in [0.29, 0.717) is 12.9 Å². The van der Waals surface area contributed by atoms with Gasteiger partial charge in [-0.15, -0.1) is 0 Å². The Balaban J connectivity index is 0. The zero-order valence-electron chi connectivity index (χ0n) is 55.2. The number of allylic oxidation sites excluding steroid dienone is 4. The molecule has 0 bridgehead atoms. The van der Waals surface area contributed by atoms with E-state index in [2.05, 4.69) is 77.9 Å². The Hall–Kier alpha value is -2.76. The third kappa shape index (κ3) is 58.8. The molecule has 0 N–H and O–H groups in total. The summed E-state index contributed by atoms with van der Waals surface area (Å²) in [6, 6.07) is -0.802. The SMILES string of the molecule is CCCCC/C=C\CCC(CCCCCCCCCCCCCC)OC(=O)CCC(C(=O)OC(CC/C=C\CCCCC)CCCCCCCCCCCCCC)N(C)CC(COC=O)OC(=O)CCCN(C)C.CCCCN(C)C. The molecule has 0 aliphatic heterocycles. The Morgan fingerprint density at radius 2 is 0.728 bits per heavy atom. The lowest BCUT2D eigenvalue weighted by Crippen LogP contribution is -2.46. The highest BCUT2D eigenvalue weighted by molar-refractivity contribution is 5.77. The van der Waals surface area contributed by atoms with E-state index < -0.39 is 12.1 Å². The van der Waals surface area contributed by atoms with E-state index in [4.69, 9.17) is 18.9 Å². The van der Waals surface area contributed by atoms with Crippen molar-refractivity contribution in [2.75, 3.05) is 61.5 Å². The van der Waals surface area contributed by atoms with E-state index in [9.17, 15) is 19.2 Å². The Morgan fingerprint density at radius 1 is 0.370 bits per heavy atom. The van der Waals surface area contributed by atoms with Crippen molar-refractivity contribution >= 4 is 24.4 Å². The molecule has 0 aromatic carbocycles. The normalized spacial score (nSPS) is 13.2. The van der Waals surface area contributed by atoms with Crippen LogP contribution in [0.5, 0.6) is 0 Å². The molecule has 0 rings (SSSR count). The first-order valence-corrected chi connectivity index (χ1v) is 34.3. The third-order valence-corrected chi connectivity index (χ3v) is 15.4. The summed E-state index contributed by atoms with van der Waals surface area (Å²) < 4.78 is 23.7. The van der Waals surface area contributed by atoms with E-state index in [1.807, 2.05) is 23.9 Å². The summed E-state index contributed by atoms with van der Waals surface area (Å²) in [7, 11) is 9.93. The molecule has 478 valence electrons. The second kappa shape index (κ2) is 63.3. The van der Waals surface area contributed by atoms with Crippen LogP contribution in [0.2, 0.25) is 0 Å². The number of esters is 3. The highest BCUT2D eigenvalue weighted by atomic mass is 16.6. The van der Waals surface area contributed by atoms with E-state index in [-0.39, 0.29) is 62.5 Å². The van der Waals surface area contributed by atoms with Crippen molar-refractivity contribution in [2.24, 2.45) is 0 Å². The smallest absolute Gasteiger partial charge is 0.323 e. The average Bonchev–Trinajstić information content (AvgIpc) is 3.45. The summed E-state index contributed by atoms with van der Waals surface area (Å²) in [6.07, 6.45) is 56.3. The Bertz CT molecular complexity index is 1420. The Labute approximate surface area is 502 Å². The average molecular weight is 1150 g/mol. The molecule has 0 fully saturated rings. The zero-order valence-corrected chi connectivity index (χ0v) is 55.2. The van der Waals surface area contributed by atoms with Crippen LogP contribution in [-0.4, -0.2) is 125 Å². The van der Waals surface area contributed by atoms with E-state index in [1.165, 1.54) is 186 Å². The summed E-state index contributed by atoms with van der Waals surface area (Å²) in [5.74, 6) is -1.08. The van der Waals surface area contributed by atoms with Gasteiger partial charge in [-0.1, -0.05) is 232 Å². The molecular formula is C70H135N3O8. The van der Waals surface area contributed by atoms with E-state index in [1.54, 1.807) is 7.05 Å². The van der Waals surface area contributed by atoms with Crippen molar-refractivity contribution in [3.05, 3.63) is 24.3 Å². The number of unbranched alkanes of at least 4 members (excludes halogenated alkanes) is 29. The largest absolute Gasteiger partial charge is 0.464 e. The van der Waals surface area contributed by atoms with Gasteiger partial charge in [-0.2, -0.15) is 0 Å². The van der Waals surface area contributed by atoms with Gasteiger partial charge in [0.2, 0.25) is 0 Å². The monoisotopic (exact) mass is 1150 g/mol. The van der Waals surface area contributed by atoms with E-state index in [0.717, 1.165) is 83.6 Å². The molecule has 0 aliphatic rings. The number of ether oxygens (including phenoxy) is 4. The lowest BCUT2D eigenvalue weighted by molar-refractivity contribution is -0.161. The molecule has 0 aliphatic carbocycles. The van der Waals surface area contributed by atoms with Gasteiger partial charge in [0.25, 0.3) is 6.47 Å². The number of hydrogen-bond acceptors (Lipinski definition) is 11. The van der Waals surface area contributed by atoms with Crippen molar-refractivity contribution in [3.63, 3.8) is 0 Å². The van der Waals surface area contributed by atoms with Gasteiger partial charge in [-0.3, -0.25) is 24.1 Å². The molecule has 11 heteroatoms. The molecule has 0 saturated carbocycles. The maximum atomic E-state index is 14.5. The fraction of sp³-hybridized carbons (Fsp3) is 0.886. The Kier molecular flexibility index (Phi) is 62.7. The first-order valence-electron chi connectivity index (χ1n) is 34.3. The molecular weight excluding hydrogens is 1010 g/mol. The first kappa shape index (κ1) is 80.3. The topological polar surface area (TPSA) is 115 Å². The number of rotatable bonds is 60. The second-order valence-electron chi connectivity index (χ2n) is 24.2. The first-order chi connectivity index (χ1) is 39.4. The van der Waals surface area contributed by atoms with Crippen molar-refractivity contribution in [1.82, 2.24) is 14.7 Å². The van der Waals surface area contributed by atoms with Gasteiger partial charge in [-0.05, 0) is 145 Å². The van der Waals surface area contributed by atoms with Gasteiger partial charge in [-0.25, -0.2) is 0 Å². The van der Waals surface area contributed by atoms with Gasteiger partial charge in [0.1, 0.15) is 31.0 Å². The van der Waals surface area contributed by atoms with Crippen molar-refractivity contribution in [1.29, 1.82) is 0 Å². The molecule has 0 spiro atoms. The highest BCUT2D eigenvalue weighted by Gasteiger charge is 2.31. The van der Waals surface area contributed by atoms with Crippen LogP contribution < -0.4 is 0 Å². The maximum absolute atomic E-state index is 14.5. The fourth-order valence-corrected chi connectivity index (χ4v) is 10.2. The molecule has 11 nitrogen and oxygen atoms in total. The quantitative estimate of drug-likeness (QED) is 0.0191. The fourth-order valence-electron chi connectivity index (χ4n) is 10.2. The summed E-state index contributed by atoms with van der Waals surface area (Å²) in [5, 5.41) is 0. The summed E-state index contributed by atoms with van der Waals surface area (Å²) in [5.41, 5.74) is 0. The maximum Gasteiger partial charge on any atom is 0.323 e. The van der Waals surface area contributed by atoms with E-state index >= 15 is 0 Å². The van der Waals surface area contributed by atoms with Crippen LogP contribution >= 0.6 is 0 Å². The van der Waals surface area contributed by atoms with Gasteiger partial charge in [0.05, 0.1) is 0 Å². The molecule has 0 heterocycles. The minimum Gasteiger partial charge on any atom is -0.464 e. The predicted molar refractivity (Wildman–Crippen MR) is 345 cm³/mol. The van der Waals surface area contributed by atoms with Crippen LogP contribution in [0.4, 0.5) is 0 Å². The number of nitrogens with zero attached hydrogens (tertiary/aromatic N) is 3. The number of hydrogen-bond donors (Lipinski definition) is 0. The van der Waals surface area contributed by atoms with Crippen LogP contribution in [0.3, 0.4) is 0 Å². The van der Waals surface area contributed by atoms with Crippen molar-refractivity contribution in [3.8, 4) is 0 Å². The standard InChI is InChI=1S/C64H120N2O8.C6H15N/c1-8-12-16-20-24-26-28-30-32-36-40-43-48-58(47-42-38-34-22-18-14-10-3)72-63(69)53-52-61(66(7)55-60(56-71-57-67)73-62(68)51-46-54-65(5)6)64(70)74-59(49-44-39-35-23-19-15-11-4)50-45-41-37-33-31-29-27-25-21-17-13-9-2;1-4-5-6-7(2)3/h34-35,38-39,57-61H,8-33,36-37,40-56H2,1-7H3;4-6H2,1-3H3/b38-34-,39-35-;. The summed E-state index contributed by atoms with van der Waals surface area (Å²) in [6.45, 7) is 13.5. The lowest BCUT2D eigenvalue weighted by atomic mass is 10.0. The molecule has 0 saturated heterocycles. The van der Waals surface area contributed by atoms with Crippen LogP contribution in [0.1, 0.15) is 317 Å². The van der Waals surface area contributed by atoms with Crippen LogP contribution in [-0.2, 0) is 38.1 Å².